The third kappa shape index (κ3) is 7.24. The summed E-state index contributed by atoms with van der Waals surface area (Å²) in [6.07, 6.45) is 9.87. The summed E-state index contributed by atoms with van der Waals surface area (Å²) in [6.45, 7) is 9.67. The maximum absolute atomic E-state index is 3.48. The molecule has 0 aromatic carbocycles. The number of nitrogens with one attached hydrogen (secondary N) is 1. The van der Waals surface area contributed by atoms with Crippen LogP contribution in [0.4, 0.5) is 0 Å². The number of nitrogens with zero attached hydrogens (tertiary/aromatic N) is 1. The van der Waals surface area contributed by atoms with Crippen LogP contribution < -0.4 is 5.32 Å². The Hall–Kier alpha value is -0.0800. The molecule has 0 saturated carbocycles. The third-order valence-electron chi connectivity index (χ3n) is 3.40. The van der Waals surface area contributed by atoms with Crippen molar-refractivity contribution in [2.45, 2.75) is 64.8 Å². The lowest BCUT2D eigenvalue weighted by molar-refractivity contribution is 0.278. The Morgan fingerprint density at radius 3 is 2.25 bits per heavy atom. The summed E-state index contributed by atoms with van der Waals surface area (Å²) in [5.74, 6) is 0. The van der Waals surface area contributed by atoms with Gasteiger partial charge in [0.25, 0.3) is 0 Å². The minimum absolute atomic E-state index is 0.644. The number of hydrogen-bond donors (Lipinski definition) is 1. The highest BCUT2D eigenvalue weighted by molar-refractivity contribution is 4.63. The molecular formula is C14H30N2. The Morgan fingerprint density at radius 1 is 0.938 bits per heavy atom. The molecule has 1 fully saturated rings. The third-order valence-corrected chi connectivity index (χ3v) is 3.40. The van der Waals surface area contributed by atoms with Crippen LogP contribution in [0.3, 0.4) is 0 Å². The van der Waals surface area contributed by atoms with Crippen LogP contribution in [0.1, 0.15) is 58.8 Å². The Bertz CT molecular complexity index is 149. The summed E-state index contributed by atoms with van der Waals surface area (Å²) in [5.41, 5.74) is 0. The van der Waals surface area contributed by atoms with Crippen molar-refractivity contribution in [2.24, 2.45) is 0 Å². The molecule has 0 unspecified atom stereocenters. The van der Waals surface area contributed by atoms with E-state index >= 15 is 0 Å². The van der Waals surface area contributed by atoms with Crippen LogP contribution in [-0.4, -0.2) is 37.1 Å². The van der Waals surface area contributed by atoms with Crippen LogP contribution in [0.2, 0.25) is 0 Å². The van der Waals surface area contributed by atoms with Crippen LogP contribution in [0.5, 0.6) is 0 Å². The van der Waals surface area contributed by atoms with Crippen molar-refractivity contribution < 1.29 is 0 Å². The van der Waals surface area contributed by atoms with Crippen molar-refractivity contribution in [3.63, 3.8) is 0 Å². The van der Waals surface area contributed by atoms with Crippen LogP contribution in [0, 0.1) is 0 Å². The topological polar surface area (TPSA) is 15.3 Å². The van der Waals surface area contributed by atoms with Gasteiger partial charge in [-0.05, 0) is 51.9 Å². The van der Waals surface area contributed by atoms with Gasteiger partial charge in [0.15, 0.2) is 0 Å². The molecule has 1 rings (SSSR count). The molecule has 0 radical (unpaired) electrons. The van der Waals surface area contributed by atoms with E-state index < -0.39 is 0 Å². The molecule has 96 valence electrons. The van der Waals surface area contributed by atoms with Crippen LogP contribution in [0.25, 0.3) is 0 Å². The van der Waals surface area contributed by atoms with Gasteiger partial charge < -0.3 is 10.2 Å². The van der Waals surface area contributed by atoms with Gasteiger partial charge in [0.05, 0.1) is 0 Å². The van der Waals surface area contributed by atoms with Gasteiger partial charge in [0.1, 0.15) is 0 Å². The summed E-state index contributed by atoms with van der Waals surface area (Å²) in [5, 5.41) is 3.48. The fourth-order valence-corrected chi connectivity index (χ4v) is 2.39. The van der Waals surface area contributed by atoms with E-state index in [4.69, 9.17) is 0 Å². The van der Waals surface area contributed by atoms with Gasteiger partial charge in [-0.15, -0.1) is 0 Å². The van der Waals surface area contributed by atoms with Gasteiger partial charge >= 0.3 is 0 Å². The predicted molar refractivity (Wildman–Crippen MR) is 71.9 cm³/mol. The average Bonchev–Trinajstić information content (AvgIpc) is 2.51. The van der Waals surface area contributed by atoms with Gasteiger partial charge in [-0.3, -0.25) is 0 Å². The lowest BCUT2D eigenvalue weighted by atomic mass is 10.2. The van der Waals surface area contributed by atoms with Crippen molar-refractivity contribution in [3.8, 4) is 0 Å². The van der Waals surface area contributed by atoms with Crippen molar-refractivity contribution in [1.82, 2.24) is 10.2 Å². The molecule has 1 heterocycles. The van der Waals surface area contributed by atoms with Gasteiger partial charge in [0.2, 0.25) is 0 Å². The summed E-state index contributed by atoms with van der Waals surface area (Å²) in [4.78, 5) is 2.67. The van der Waals surface area contributed by atoms with E-state index in [9.17, 15) is 0 Å². The van der Waals surface area contributed by atoms with Crippen molar-refractivity contribution >= 4 is 0 Å². The SMILES string of the molecule is CC(C)NCCCCCN1CCCCCC1. The standard InChI is InChI=1S/C14H30N2/c1-14(2)15-10-6-5-9-13-16-11-7-3-4-8-12-16/h14-15H,3-13H2,1-2H3. The van der Waals surface area contributed by atoms with Gasteiger partial charge in [-0.25, -0.2) is 0 Å². The molecule has 2 nitrogen and oxygen atoms in total. The molecule has 1 aliphatic rings. The van der Waals surface area contributed by atoms with E-state index in [0.717, 1.165) is 0 Å². The summed E-state index contributed by atoms with van der Waals surface area (Å²) >= 11 is 0. The summed E-state index contributed by atoms with van der Waals surface area (Å²) in [7, 11) is 0. The first-order valence-corrected chi connectivity index (χ1v) is 7.25. The maximum Gasteiger partial charge on any atom is 0.00103 e. The normalized spacial score (nSPS) is 18.9. The second kappa shape index (κ2) is 9.00. The van der Waals surface area contributed by atoms with Crippen molar-refractivity contribution in [1.29, 1.82) is 0 Å². The molecule has 0 bridgehead atoms. The Morgan fingerprint density at radius 2 is 1.62 bits per heavy atom. The highest BCUT2D eigenvalue weighted by Crippen LogP contribution is 2.10. The van der Waals surface area contributed by atoms with Crippen molar-refractivity contribution in [3.05, 3.63) is 0 Å². The minimum Gasteiger partial charge on any atom is -0.315 e. The molecule has 0 spiro atoms. The molecule has 0 atom stereocenters. The smallest absolute Gasteiger partial charge is 0.00103 e. The van der Waals surface area contributed by atoms with Gasteiger partial charge in [-0.1, -0.05) is 33.1 Å². The number of rotatable bonds is 7. The molecule has 0 aliphatic carbocycles. The molecule has 16 heavy (non-hydrogen) atoms. The predicted octanol–water partition coefficient (Wildman–Crippen LogP) is 3.03. The first kappa shape index (κ1) is 14.0. The molecule has 1 saturated heterocycles. The first-order chi connectivity index (χ1) is 7.79. The summed E-state index contributed by atoms with van der Waals surface area (Å²) in [6, 6.07) is 0.644. The highest BCUT2D eigenvalue weighted by Gasteiger charge is 2.07. The second-order valence-corrected chi connectivity index (χ2v) is 5.43. The van der Waals surface area contributed by atoms with E-state index in [2.05, 4.69) is 24.1 Å². The first-order valence-electron chi connectivity index (χ1n) is 7.25. The van der Waals surface area contributed by atoms with E-state index in [1.165, 1.54) is 71.1 Å². The van der Waals surface area contributed by atoms with E-state index in [-0.39, 0.29) is 0 Å². The molecule has 1 aliphatic heterocycles. The zero-order chi connectivity index (χ0) is 11.6. The second-order valence-electron chi connectivity index (χ2n) is 5.43. The largest absolute Gasteiger partial charge is 0.315 e. The van der Waals surface area contributed by atoms with E-state index in [0.29, 0.717) is 6.04 Å². The number of likely N-dealkylation sites (tertiary alicyclic amines) is 1. The molecule has 0 aromatic rings. The molecule has 1 N–H and O–H groups in total. The molecular weight excluding hydrogens is 196 g/mol. The molecule has 0 aromatic heterocycles. The quantitative estimate of drug-likeness (QED) is 0.671. The monoisotopic (exact) mass is 226 g/mol. The lowest BCUT2D eigenvalue weighted by Crippen LogP contribution is -2.26. The zero-order valence-electron chi connectivity index (χ0n) is 11.3. The van der Waals surface area contributed by atoms with Crippen LogP contribution >= 0.6 is 0 Å². The Balaban J connectivity index is 1.89. The van der Waals surface area contributed by atoms with Gasteiger partial charge in [-0.2, -0.15) is 0 Å². The van der Waals surface area contributed by atoms with Crippen LogP contribution in [0.15, 0.2) is 0 Å². The number of hydrogen-bond acceptors (Lipinski definition) is 2. The maximum atomic E-state index is 3.48. The molecule has 0 amide bonds. The zero-order valence-corrected chi connectivity index (χ0v) is 11.3. The van der Waals surface area contributed by atoms with Crippen molar-refractivity contribution in [2.75, 3.05) is 26.2 Å². The Labute approximate surface area is 102 Å². The Kier molecular flexibility index (Phi) is 7.87. The summed E-state index contributed by atoms with van der Waals surface area (Å²) < 4.78 is 0. The minimum atomic E-state index is 0.644. The lowest BCUT2D eigenvalue weighted by Gasteiger charge is -2.19. The fourth-order valence-electron chi connectivity index (χ4n) is 2.39. The fraction of sp³-hybridized carbons (Fsp3) is 1.00. The van der Waals surface area contributed by atoms with E-state index in [1.807, 2.05) is 0 Å². The van der Waals surface area contributed by atoms with E-state index in [1.54, 1.807) is 0 Å². The highest BCUT2D eigenvalue weighted by atomic mass is 15.1. The number of unbranched alkanes of at least 4 members (excludes halogenated alkanes) is 2. The average molecular weight is 226 g/mol. The van der Waals surface area contributed by atoms with Crippen LogP contribution in [-0.2, 0) is 0 Å². The van der Waals surface area contributed by atoms with Gasteiger partial charge in [0, 0.05) is 6.04 Å². The molecule has 2 heteroatoms.